The molecule has 0 amide bonds. The van der Waals surface area contributed by atoms with Crippen molar-refractivity contribution in [3.05, 3.63) is 23.8 Å². The second kappa shape index (κ2) is 5.96. The summed E-state index contributed by atoms with van der Waals surface area (Å²) in [5, 5.41) is 11.7. The number of halogens is 1. The third-order valence-electron chi connectivity index (χ3n) is 3.09. The molecule has 98 valence electrons. The van der Waals surface area contributed by atoms with Crippen LogP contribution in [0.4, 0.5) is 0 Å². The Morgan fingerprint density at radius 3 is 2.67 bits per heavy atom. The van der Waals surface area contributed by atoms with Crippen LogP contribution in [-0.2, 0) is 0 Å². The van der Waals surface area contributed by atoms with Crippen molar-refractivity contribution in [3.8, 4) is 11.5 Å². The smallest absolute Gasteiger partial charge is 0.175 e. The van der Waals surface area contributed by atoms with Gasteiger partial charge in [0.1, 0.15) is 0 Å². The highest BCUT2D eigenvalue weighted by Gasteiger charge is 2.19. The minimum Gasteiger partial charge on any atom is -0.493 e. The van der Waals surface area contributed by atoms with Gasteiger partial charge in [-0.1, -0.05) is 16.8 Å². The van der Waals surface area contributed by atoms with Crippen molar-refractivity contribution in [2.75, 3.05) is 7.11 Å². The second-order valence-electron chi connectivity index (χ2n) is 4.28. The van der Waals surface area contributed by atoms with Gasteiger partial charge in [0.05, 0.1) is 13.2 Å². The van der Waals surface area contributed by atoms with Gasteiger partial charge in [-0.2, -0.15) is 0 Å². The van der Waals surface area contributed by atoms with E-state index in [2.05, 4.69) is 5.16 Å². The molecule has 0 radical (unpaired) electrons. The summed E-state index contributed by atoms with van der Waals surface area (Å²) in [7, 11) is 1.60. The lowest BCUT2D eigenvalue weighted by atomic mass is 10.2. The lowest BCUT2D eigenvalue weighted by Crippen LogP contribution is -2.12. The molecule has 1 fully saturated rings. The highest BCUT2D eigenvalue weighted by molar-refractivity contribution is 6.69. The first-order chi connectivity index (χ1) is 8.74. The summed E-state index contributed by atoms with van der Waals surface area (Å²) < 4.78 is 11.2. The van der Waals surface area contributed by atoms with Gasteiger partial charge in [-0.25, -0.2) is 0 Å². The van der Waals surface area contributed by atoms with Gasteiger partial charge >= 0.3 is 0 Å². The van der Waals surface area contributed by atoms with Crippen molar-refractivity contribution in [2.24, 2.45) is 5.16 Å². The van der Waals surface area contributed by atoms with Crippen molar-refractivity contribution in [1.29, 1.82) is 0 Å². The molecule has 1 aliphatic carbocycles. The van der Waals surface area contributed by atoms with E-state index in [-0.39, 0.29) is 11.3 Å². The average molecular weight is 270 g/mol. The molecule has 4 nitrogen and oxygen atoms in total. The van der Waals surface area contributed by atoms with Crippen LogP contribution in [0.3, 0.4) is 0 Å². The zero-order valence-electron chi connectivity index (χ0n) is 10.2. The monoisotopic (exact) mass is 269 g/mol. The lowest BCUT2D eigenvalue weighted by Gasteiger charge is -2.16. The Labute approximate surface area is 111 Å². The van der Waals surface area contributed by atoms with Crippen LogP contribution in [0.1, 0.15) is 31.2 Å². The molecule has 2 rings (SSSR count). The number of nitrogens with zero attached hydrogens (tertiary/aromatic N) is 1. The molecule has 0 aromatic heterocycles. The Kier molecular flexibility index (Phi) is 4.31. The van der Waals surface area contributed by atoms with E-state index in [4.69, 9.17) is 26.3 Å². The minimum atomic E-state index is 0.0360. The van der Waals surface area contributed by atoms with Crippen molar-refractivity contribution >= 4 is 16.8 Å². The van der Waals surface area contributed by atoms with Gasteiger partial charge in [0.15, 0.2) is 16.7 Å². The fourth-order valence-corrected chi connectivity index (χ4v) is 2.26. The fourth-order valence-electron chi connectivity index (χ4n) is 2.14. The van der Waals surface area contributed by atoms with Crippen LogP contribution in [0.5, 0.6) is 11.5 Å². The molecule has 1 aromatic carbocycles. The van der Waals surface area contributed by atoms with Crippen molar-refractivity contribution < 1.29 is 14.7 Å². The number of hydrogen-bond acceptors (Lipinski definition) is 4. The molecule has 0 aliphatic heterocycles. The molecular weight excluding hydrogens is 254 g/mol. The molecular formula is C13H16ClNO3. The number of oxime groups is 1. The number of rotatable bonds is 4. The summed E-state index contributed by atoms with van der Waals surface area (Å²) in [5.41, 5.74) is 0.605. The van der Waals surface area contributed by atoms with Gasteiger partial charge < -0.3 is 14.7 Å². The molecule has 0 unspecified atom stereocenters. The van der Waals surface area contributed by atoms with Crippen LogP contribution in [0.15, 0.2) is 23.4 Å². The summed E-state index contributed by atoms with van der Waals surface area (Å²) in [4.78, 5) is 0. The quantitative estimate of drug-likeness (QED) is 0.518. The molecule has 1 N–H and O–H groups in total. The molecule has 1 aromatic rings. The Hall–Kier alpha value is -1.42. The highest BCUT2D eigenvalue weighted by atomic mass is 35.5. The topological polar surface area (TPSA) is 51.0 Å². The predicted octanol–water partition coefficient (Wildman–Crippen LogP) is 3.39. The minimum absolute atomic E-state index is 0.0360. The second-order valence-corrected chi connectivity index (χ2v) is 4.64. The predicted molar refractivity (Wildman–Crippen MR) is 70.1 cm³/mol. The van der Waals surface area contributed by atoms with Gasteiger partial charge in [-0.15, -0.1) is 0 Å². The van der Waals surface area contributed by atoms with E-state index in [0.29, 0.717) is 17.1 Å². The van der Waals surface area contributed by atoms with E-state index in [1.807, 2.05) is 0 Å². The van der Waals surface area contributed by atoms with E-state index in [0.717, 1.165) is 12.8 Å². The number of hydrogen-bond donors (Lipinski definition) is 1. The molecule has 1 saturated carbocycles. The Morgan fingerprint density at radius 2 is 2.06 bits per heavy atom. The summed E-state index contributed by atoms with van der Waals surface area (Å²) in [5.74, 6) is 1.30. The first kappa shape index (κ1) is 13.0. The van der Waals surface area contributed by atoms with Crippen molar-refractivity contribution in [3.63, 3.8) is 0 Å². The van der Waals surface area contributed by atoms with Gasteiger partial charge in [-0.3, -0.25) is 0 Å². The maximum absolute atomic E-state index is 8.67. The van der Waals surface area contributed by atoms with Gasteiger partial charge in [0, 0.05) is 5.56 Å². The van der Waals surface area contributed by atoms with Crippen LogP contribution in [0.25, 0.3) is 0 Å². The Balaban J connectivity index is 2.24. The molecule has 5 heteroatoms. The summed E-state index contributed by atoms with van der Waals surface area (Å²) in [6.07, 6.45) is 4.76. The highest BCUT2D eigenvalue weighted by Crippen LogP contribution is 2.32. The first-order valence-corrected chi connectivity index (χ1v) is 6.35. The summed E-state index contributed by atoms with van der Waals surface area (Å²) in [6, 6.07) is 5.22. The van der Waals surface area contributed by atoms with E-state index in [1.165, 1.54) is 12.8 Å². The molecule has 0 saturated heterocycles. The van der Waals surface area contributed by atoms with E-state index < -0.39 is 0 Å². The maximum atomic E-state index is 8.67. The SMILES string of the molecule is COc1ccc(/C(Cl)=N/O)cc1OC1CCCC1. The summed E-state index contributed by atoms with van der Waals surface area (Å²) >= 11 is 5.78. The number of benzene rings is 1. The maximum Gasteiger partial charge on any atom is 0.175 e. The zero-order valence-corrected chi connectivity index (χ0v) is 11.0. The zero-order chi connectivity index (χ0) is 13.0. The largest absolute Gasteiger partial charge is 0.493 e. The van der Waals surface area contributed by atoms with Crippen molar-refractivity contribution in [2.45, 2.75) is 31.8 Å². The molecule has 0 atom stereocenters. The lowest BCUT2D eigenvalue weighted by molar-refractivity contribution is 0.201. The Bertz CT molecular complexity index is 442. The van der Waals surface area contributed by atoms with Crippen LogP contribution in [0, 0.1) is 0 Å². The van der Waals surface area contributed by atoms with Gasteiger partial charge in [-0.05, 0) is 43.9 Å². The van der Waals surface area contributed by atoms with Crippen LogP contribution in [0.2, 0.25) is 0 Å². The van der Waals surface area contributed by atoms with Gasteiger partial charge in [0.25, 0.3) is 0 Å². The first-order valence-electron chi connectivity index (χ1n) is 5.97. The molecule has 0 spiro atoms. The third-order valence-corrected chi connectivity index (χ3v) is 3.38. The standard InChI is InChI=1S/C13H16ClNO3/c1-17-11-7-6-9(13(14)15-16)8-12(11)18-10-4-2-3-5-10/h6-8,10,16H,2-5H2,1H3/b15-13-. The average Bonchev–Trinajstić information content (AvgIpc) is 2.90. The molecule has 0 bridgehead atoms. The van der Waals surface area contributed by atoms with E-state index >= 15 is 0 Å². The Morgan fingerprint density at radius 1 is 1.33 bits per heavy atom. The molecule has 0 heterocycles. The van der Waals surface area contributed by atoms with Crippen LogP contribution < -0.4 is 9.47 Å². The van der Waals surface area contributed by atoms with Crippen molar-refractivity contribution in [1.82, 2.24) is 0 Å². The van der Waals surface area contributed by atoms with E-state index in [9.17, 15) is 0 Å². The molecule has 18 heavy (non-hydrogen) atoms. The van der Waals surface area contributed by atoms with Gasteiger partial charge in [0.2, 0.25) is 0 Å². The number of methoxy groups -OCH3 is 1. The van der Waals surface area contributed by atoms with Crippen LogP contribution >= 0.6 is 11.6 Å². The van der Waals surface area contributed by atoms with E-state index in [1.54, 1.807) is 25.3 Å². The number of ether oxygens (including phenoxy) is 2. The fraction of sp³-hybridized carbons (Fsp3) is 0.462. The normalized spacial score (nSPS) is 16.9. The molecule has 1 aliphatic rings. The van der Waals surface area contributed by atoms with Crippen LogP contribution in [-0.4, -0.2) is 23.6 Å². The third kappa shape index (κ3) is 2.88. The summed E-state index contributed by atoms with van der Waals surface area (Å²) in [6.45, 7) is 0.